The van der Waals surface area contributed by atoms with E-state index in [0.29, 0.717) is 16.6 Å². The number of para-hydroxylation sites is 1. The molecule has 0 bridgehead atoms. The molecule has 116 valence electrons. The van der Waals surface area contributed by atoms with E-state index in [1.54, 1.807) is 6.21 Å². The molecule has 0 spiro atoms. The third-order valence-corrected chi connectivity index (χ3v) is 4.40. The smallest absolute Gasteiger partial charge is 0.303 e. The predicted molar refractivity (Wildman–Crippen MR) is 96.6 cm³/mol. The van der Waals surface area contributed by atoms with Crippen molar-refractivity contribution in [3.8, 4) is 0 Å². The summed E-state index contributed by atoms with van der Waals surface area (Å²) in [6, 6.07) is 19.9. The standard InChI is InChI=1S/C17H14ClN3OS/c18-16-15(23-17(22)20-16)11-19-21(14-9-5-2-6-10-14)12-13-7-3-1-4-8-13/h1-11H,12H2,(H,20,22)/b19-11-. The molecule has 0 aliphatic heterocycles. The van der Waals surface area contributed by atoms with E-state index in [2.05, 4.69) is 10.1 Å². The minimum Gasteiger partial charge on any atom is -0.303 e. The summed E-state index contributed by atoms with van der Waals surface area (Å²) in [6.45, 7) is 0.623. The van der Waals surface area contributed by atoms with Crippen molar-refractivity contribution in [1.29, 1.82) is 0 Å². The lowest BCUT2D eigenvalue weighted by molar-refractivity contribution is 0.859. The highest BCUT2D eigenvalue weighted by atomic mass is 35.5. The summed E-state index contributed by atoms with van der Waals surface area (Å²) in [7, 11) is 0. The van der Waals surface area contributed by atoms with Crippen LogP contribution in [-0.2, 0) is 6.54 Å². The van der Waals surface area contributed by atoms with Crippen LogP contribution in [0.3, 0.4) is 0 Å². The Morgan fingerprint density at radius 3 is 2.35 bits per heavy atom. The lowest BCUT2D eigenvalue weighted by atomic mass is 10.2. The average molecular weight is 344 g/mol. The Labute approximate surface area is 142 Å². The summed E-state index contributed by atoms with van der Waals surface area (Å²) in [5.74, 6) is 0. The zero-order valence-electron chi connectivity index (χ0n) is 12.1. The van der Waals surface area contributed by atoms with Gasteiger partial charge in [-0.25, -0.2) is 0 Å². The predicted octanol–water partition coefficient (Wildman–Crippen LogP) is 4.13. The molecule has 3 aromatic rings. The molecule has 23 heavy (non-hydrogen) atoms. The highest BCUT2D eigenvalue weighted by Gasteiger charge is 2.07. The van der Waals surface area contributed by atoms with E-state index >= 15 is 0 Å². The maximum absolute atomic E-state index is 11.3. The van der Waals surface area contributed by atoms with Crippen LogP contribution in [-0.4, -0.2) is 11.2 Å². The Morgan fingerprint density at radius 2 is 1.74 bits per heavy atom. The van der Waals surface area contributed by atoms with Crippen LogP contribution < -0.4 is 9.88 Å². The molecular weight excluding hydrogens is 330 g/mol. The number of nitrogens with zero attached hydrogens (tertiary/aromatic N) is 2. The molecule has 0 fully saturated rings. The summed E-state index contributed by atoms with van der Waals surface area (Å²) in [4.78, 5) is 14.3. The van der Waals surface area contributed by atoms with Gasteiger partial charge in [0.25, 0.3) is 0 Å². The number of hydrazone groups is 1. The summed E-state index contributed by atoms with van der Waals surface area (Å²) in [5.41, 5.74) is 2.11. The van der Waals surface area contributed by atoms with Crippen LogP contribution in [0.15, 0.2) is 70.6 Å². The number of nitrogens with one attached hydrogen (secondary N) is 1. The second-order valence-corrected chi connectivity index (χ2v) is 6.21. The Hall–Kier alpha value is -2.37. The van der Waals surface area contributed by atoms with Gasteiger partial charge < -0.3 is 4.98 Å². The number of hydrogen-bond acceptors (Lipinski definition) is 4. The van der Waals surface area contributed by atoms with Gasteiger partial charge in [0.1, 0.15) is 5.15 Å². The monoisotopic (exact) mass is 343 g/mol. The molecule has 0 saturated carbocycles. The topological polar surface area (TPSA) is 48.5 Å². The van der Waals surface area contributed by atoms with Crippen molar-refractivity contribution in [2.24, 2.45) is 5.10 Å². The molecule has 0 atom stereocenters. The van der Waals surface area contributed by atoms with Crippen molar-refractivity contribution >= 4 is 34.8 Å². The Bertz CT molecular complexity index is 843. The number of thiazole rings is 1. The van der Waals surface area contributed by atoms with Crippen LogP contribution in [0.1, 0.15) is 10.4 Å². The normalized spacial score (nSPS) is 11.0. The van der Waals surface area contributed by atoms with Crippen LogP contribution in [0.25, 0.3) is 0 Å². The molecule has 0 amide bonds. The van der Waals surface area contributed by atoms with Gasteiger partial charge in [-0.15, -0.1) is 0 Å². The van der Waals surface area contributed by atoms with Crippen LogP contribution in [0.4, 0.5) is 5.69 Å². The second kappa shape index (κ2) is 7.26. The van der Waals surface area contributed by atoms with E-state index in [0.717, 1.165) is 22.6 Å². The first-order valence-corrected chi connectivity index (χ1v) is 8.21. The molecule has 0 saturated heterocycles. The first kappa shape index (κ1) is 15.5. The Balaban J connectivity index is 1.89. The van der Waals surface area contributed by atoms with Crippen molar-refractivity contribution in [3.63, 3.8) is 0 Å². The van der Waals surface area contributed by atoms with Crippen molar-refractivity contribution in [2.45, 2.75) is 6.54 Å². The van der Waals surface area contributed by atoms with Gasteiger partial charge in [-0.1, -0.05) is 71.5 Å². The molecule has 0 radical (unpaired) electrons. The minimum absolute atomic E-state index is 0.189. The van der Waals surface area contributed by atoms with E-state index in [9.17, 15) is 4.79 Å². The molecular formula is C17H14ClN3OS. The number of anilines is 1. The Kier molecular flexibility index (Phi) is 4.90. The molecule has 6 heteroatoms. The van der Waals surface area contributed by atoms with Gasteiger partial charge in [-0.2, -0.15) is 5.10 Å². The summed E-state index contributed by atoms with van der Waals surface area (Å²) in [5, 5.41) is 6.70. The molecule has 3 rings (SSSR count). The quantitative estimate of drug-likeness (QED) is 0.559. The zero-order chi connectivity index (χ0) is 16.1. The number of rotatable bonds is 5. The van der Waals surface area contributed by atoms with Gasteiger partial charge in [0, 0.05) is 0 Å². The van der Waals surface area contributed by atoms with Gasteiger partial charge in [0.05, 0.1) is 23.3 Å². The van der Waals surface area contributed by atoms with Crippen LogP contribution >= 0.6 is 22.9 Å². The summed E-state index contributed by atoms with van der Waals surface area (Å²) < 4.78 is 0. The lowest BCUT2D eigenvalue weighted by Crippen LogP contribution is -2.15. The molecule has 4 nitrogen and oxygen atoms in total. The average Bonchev–Trinajstić information content (AvgIpc) is 2.91. The fourth-order valence-electron chi connectivity index (χ4n) is 2.08. The molecule has 0 unspecified atom stereocenters. The van der Waals surface area contributed by atoms with Crippen molar-refractivity contribution in [2.75, 3.05) is 5.01 Å². The fraction of sp³-hybridized carbons (Fsp3) is 0.0588. The number of aromatic nitrogens is 1. The van der Waals surface area contributed by atoms with Crippen molar-refractivity contribution < 1.29 is 0 Å². The van der Waals surface area contributed by atoms with Crippen LogP contribution in [0.5, 0.6) is 0 Å². The van der Waals surface area contributed by atoms with E-state index < -0.39 is 0 Å². The molecule has 0 aliphatic carbocycles. The maximum Gasteiger partial charge on any atom is 0.306 e. The molecule has 0 aliphatic rings. The summed E-state index contributed by atoms with van der Waals surface area (Å²) in [6.07, 6.45) is 1.61. The number of hydrogen-bond donors (Lipinski definition) is 1. The van der Waals surface area contributed by atoms with E-state index in [1.807, 2.05) is 65.7 Å². The number of aromatic amines is 1. The molecule has 1 heterocycles. The lowest BCUT2D eigenvalue weighted by Gasteiger charge is -2.19. The van der Waals surface area contributed by atoms with E-state index in [4.69, 9.17) is 11.6 Å². The van der Waals surface area contributed by atoms with Crippen molar-refractivity contribution in [3.05, 3.63) is 85.9 Å². The first-order chi connectivity index (χ1) is 11.2. The largest absolute Gasteiger partial charge is 0.306 e. The SMILES string of the molecule is O=c1[nH]c(Cl)c(/C=N\N(Cc2ccccc2)c2ccccc2)s1. The van der Waals surface area contributed by atoms with Gasteiger partial charge >= 0.3 is 4.87 Å². The third-order valence-electron chi connectivity index (χ3n) is 3.17. The Morgan fingerprint density at radius 1 is 1.09 bits per heavy atom. The van der Waals surface area contributed by atoms with Crippen LogP contribution in [0.2, 0.25) is 5.15 Å². The zero-order valence-corrected chi connectivity index (χ0v) is 13.7. The number of halogens is 1. The fourth-order valence-corrected chi connectivity index (χ4v) is 2.98. The second-order valence-electron chi connectivity index (χ2n) is 4.82. The number of benzene rings is 2. The minimum atomic E-state index is -0.189. The molecule has 1 N–H and O–H groups in total. The van der Waals surface area contributed by atoms with E-state index in [-0.39, 0.29) is 4.87 Å². The van der Waals surface area contributed by atoms with E-state index in [1.165, 1.54) is 0 Å². The van der Waals surface area contributed by atoms with Gasteiger partial charge in [0.15, 0.2) is 0 Å². The van der Waals surface area contributed by atoms with Gasteiger partial charge in [-0.3, -0.25) is 9.80 Å². The van der Waals surface area contributed by atoms with Crippen LogP contribution in [0, 0.1) is 0 Å². The first-order valence-electron chi connectivity index (χ1n) is 7.01. The van der Waals surface area contributed by atoms with Gasteiger partial charge in [-0.05, 0) is 17.7 Å². The van der Waals surface area contributed by atoms with Crippen molar-refractivity contribution in [1.82, 2.24) is 4.98 Å². The molecule has 1 aromatic heterocycles. The highest BCUT2D eigenvalue weighted by molar-refractivity contribution is 7.11. The van der Waals surface area contributed by atoms with Gasteiger partial charge in [0.2, 0.25) is 0 Å². The molecule has 2 aromatic carbocycles. The highest BCUT2D eigenvalue weighted by Crippen LogP contribution is 2.18. The summed E-state index contributed by atoms with van der Waals surface area (Å²) >= 11 is 7.02. The third kappa shape index (κ3) is 4.09. The number of H-pyrrole nitrogens is 1. The maximum atomic E-state index is 11.3.